The van der Waals surface area contributed by atoms with Gasteiger partial charge in [0.2, 0.25) is 5.91 Å². The van der Waals surface area contributed by atoms with Gasteiger partial charge in [-0.3, -0.25) is 4.79 Å². The van der Waals surface area contributed by atoms with E-state index in [1.807, 2.05) is 17.0 Å². The first-order valence-electron chi connectivity index (χ1n) is 7.10. The fraction of sp³-hybridized carbons (Fsp3) is 0.375. The zero-order chi connectivity index (χ0) is 15.0. The molecule has 110 valence electrons. The molecule has 2 aromatic rings. The molecule has 1 fully saturated rings. The highest BCUT2D eigenvalue weighted by Gasteiger charge is 2.32. The van der Waals surface area contributed by atoms with Gasteiger partial charge in [0.05, 0.1) is 5.52 Å². The molecule has 1 aromatic carbocycles. The van der Waals surface area contributed by atoms with E-state index in [1.165, 1.54) is 12.1 Å². The molecule has 1 atom stereocenters. The predicted molar refractivity (Wildman–Crippen MR) is 80.8 cm³/mol. The summed E-state index contributed by atoms with van der Waals surface area (Å²) in [7, 11) is 3.53. The summed E-state index contributed by atoms with van der Waals surface area (Å²) < 4.78 is 13.3. The van der Waals surface area contributed by atoms with E-state index in [9.17, 15) is 9.18 Å². The second kappa shape index (κ2) is 5.31. The van der Waals surface area contributed by atoms with Crippen molar-refractivity contribution in [2.75, 3.05) is 25.5 Å². The highest BCUT2D eigenvalue weighted by molar-refractivity contribution is 5.86. The van der Waals surface area contributed by atoms with E-state index in [1.54, 1.807) is 25.1 Å². The smallest absolute Gasteiger partial charge is 0.244 e. The lowest BCUT2D eigenvalue weighted by atomic mass is 10.2. The number of nitrogens with zero attached hydrogens (tertiary/aromatic N) is 3. The summed E-state index contributed by atoms with van der Waals surface area (Å²) in [5.74, 6) is 0.536. The van der Waals surface area contributed by atoms with Crippen molar-refractivity contribution < 1.29 is 9.18 Å². The molecular formula is C16H18FN3O. The van der Waals surface area contributed by atoms with Crippen LogP contribution in [0.1, 0.15) is 12.8 Å². The van der Waals surface area contributed by atoms with Crippen molar-refractivity contribution in [1.29, 1.82) is 0 Å². The molecule has 0 aliphatic carbocycles. The summed E-state index contributed by atoms with van der Waals surface area (Å²) >= 11 is 0. The maximum Gasteiger partial charge on any atom is 0.244 e. The van der Waals surface area contributed by atoms with Crippen molar-refractivity contribution in [1.82, 2.24) is 9.88 Å². The molecule has 0 bridgehead atoms. The number of pyridine rings is 1. The molecule has 4 nitrogen and oxygen atoms in total. The van der Waals surface area contributed by atoms with Crippen LogP contribution in [0, 0.1) is 5.82 Å². The molecule has 1 saturated heterocycles. The van der Waals surface area contributed by atoms with E-state index in [4.69, 9.17) is 0 Å². The van der Waals surface area contributed by atoms with Crippen LogP contribution in [-0.4, -0.2) is 42.5 Å². The summed E-state index contributed by atoms with van der Waals surface area (Å²) in [5.41, 5.74) is 0.621. The zero-order valence-corrected chi connectivity index (χ0v) is 12.2. The summed E-state index contributed by atoms with van der Waals surface area (Å²) in [5, 5.41) is 0.898. The maximum absolute atomic E-state index is 13.3. The second-order valence-electron chi connectivity index (χ2n) is 5.59. The van der Waals surface area contributed by atoms with Crippen LogP contribution in [0.15, 0.2) is 30.3 Å². The average Bonchev–Trinajstić information content (AvgIpc) is 2.94. The van der Waals surface area contributed by atoms with E-state index in [0.29, 0.717) is 5.52 Å². The number of rotatable bonds is 2. The van der Waals surface area contributed by atoms with Crippen LogP contribution in [0.4, 0.5) is 10.2 Å². The Balaban J connectivity index is 1.97. The van der Waals surface area contributed by atoms with Crippen LogP contribution in [0.25, 0.3) is 10.9 Å². The number of benzene rings is 1. The first kappa shape index (κ1) is 13.8. The number of hydrogen-bond donors (Lipinski definition) is 0. The van der Waals surface area contributed by atoms with Gasteiger partial charge in [-0.25, -0.2) is 9.37 Å². The second-order valence-corrected chi connectivity index (χ2v) is 5.59. The molecule has 1 unspecified atom stereocenters. The molecule has 1 aliphatic rings. The van der Waals surface area contributed by atoms with Gasteiger partial charge in [-0.05, 0) is 37.1 Å². The molecule has 1 amide bonds. The molecule has 0 radical (unpaired) electrons. The van der Waals surface area contributed by atoms with Gasteiger partial charge in [0, 0.05) is 32.1 Å². The number of carbonyl (C=O) groups is 1. The van der Waals surface area contributed by atoms with Gasteiger partial charge < -0.3 is 9.80 Å². The Morgan fingerprint density at radius 3 is 2.86 bits per heavy atom. The van der Waals surface area contributed by atoms with Crippen LogP contribution >= 0.6 is 0 Å². The molecule has 0 spiro atoms. The van der Waals surface area contributed by atoms with Crippen molar-refractivity contribution in [3.05, 3.63) is 36.1 Å². The van der Waals surface area contributed by atoms with Crippen molar-refractivity contribution in [3.8, 4) is 0 Å². The Bertz CT molecular complexity index is 686. The SMILES string of the molecule is CN(C)C(=O)C1CCCN1c1ccc2ccc(F)cc2n1. The van der Waals surface area contributed by atoms with E-state index in [-0.39, 0.29) is 17.8 Å². The monoisotopic (exact) mass is 287 g/mol. The fourth-order valence-electron chi connectivity index (χ4n) is 2.84. The number of anilines is 1. The predicted octanol–water partition coefficient (Wildman–Crippen LogP) is 2.43. The van der Waals surface area contributed by atoms with Crippen LogP contribution in [0.2, 0.25) is 0 Å². The third-order valence-corrected chi connectivity index (χ3v) is 3.91. The quantitative estimate of drug-likeness (QED) is 0.851. The van der Waals surface area contributed by atoms with Gasteiger partial charge >= 0.3 is 0 Å². The number of amides is 1. The van der Waals surface area contributed by atoms with Gasteiger partial charge in [0.15, 0.2) is 0 Å². The minimum Gasteiger partial charge on any atom is -0.347 e. The van der Waals surface area contributed by atoms with E-state index >= 15 is 0 Å². The molecule has 2 heterocycles. The lowest BCUT2D eigenvalue weighted by molar-refractivity contribution is -0.129. The van der Waals surface area contributed by atoms with Crippen molar-refractivity contribution in [3.63, 3.8) is 0 Å². The average molecular weight is 287 g/mol. The number of carbonyl (C=O) groups excluding carboxylic acids is 1. The summed E-state index contributed by atoms with van der Waals surface area (Å²) in [6, 6.07) is 8.23. The van der Waals surface area contributed by atoms with Gasteiger partial charge in [-0.1, -0.05) is 0 Å². The van der Waals surface area contributed by atoms with Gasteiger partial charge in [0.1, 0.15) is 17.7 Å². The Morgan fingerprint density at radius 1 is 1.33 bits per heavy atom. The fourth-order valence-corrected chi connectivity index (χ4v) is 2.84. The van der Waals surface area contributed by atoms with E-state index < -0.39 is 0 Å². The summed E-state index contributed by atoms with van der Waals surface area (Å²) in [6.07, 6.45) is 1.80. The third kappa shape index (κ3) is 2.55. The summed E-state index contributed by atoms with van der Waals surface area (Å²) in [4.78, 5) is 20.4. The maximum atomic E-state index is 13.3. The largest absolute Gasteiger partial charge is 0.347 e. The number of fused-ring (bicyclic) bond motifs is 1. The summed E-state index contributed by atoms with van der Waals surface area (Å²) in [6.45, 7) is 0.804. The van der Waals surface area contributed by atoms with Crippen LogP contribution in [-0.2, 0) is 4.79 Å². The zero-order valence-electron chi connectivity index (χ0n) is 12.2. The Hall–Kier alpha value is -2.17. The Morgan fingerprint density at radius 2 is 2.10 bits per heavy atom. The Kier molecular flexibility index (Phi) is 3.49. The van der Waals surface area contributed by atoms with Crippen LogP contribution in [0.3, 0.4) is 0 Å². The molecule has 0 N–H and O–H groups in total. The minimum absolute atomic E-state index is 0.0913. The third-order valence-electron chi connectivity index (χ3n) is 3.91. The molecular weight excluding hydrogens is 269 g/mol. The molecule has 21 heavy (non-hydrogen) atoms. The van der Waals surface area contributed by atoms with E-state index in [2.05, 4.69) is 4.98 Å². The molecule has 1 aromatic heterocycles. The van der Waals surface area contributed by atoms with Crippen molar-refractivity contribution in [2.24, 2.45) is 0 Å². The first-order chi connectivity index (χ1) is 10.1. The highest BCUT2D eigenvalue weighted by atomic mass is 19.1. The topological polar surface area (TPSA) is 36.4 Å². The van der Waals surface area contributed by atoms with Crippen molar-refractivity contribution in [2.45, 2.75) is 18.9 Å². The van der Waals surface area contributed by atoms with E-state index in [0.717, 1.165) is 30.6 Å². The number of aromatic nitrogens is 1. The highest BCUT2D eigenvalue weighted by Crippen LogP contribution is 2.27. The lowest BCUT2D eigenvalue weighted by Crippen LogP contribution is -2.43. The molecule has 0 saturated carbocycles. The van der Waals surface area contributed by atoms with Crippen LogP contribution < -0.4 is 4.90 Å². The molecule has 5 heteroatoms. The normalized spacial score (nSPS) is 18.2. The molecule has 1 aliphatic heterocycles. The van der Waals surface area contributed by atoms with Gasteiger partial charge in [0.25, 0.3) is 0 Å². The van der Waals surface area contributed by atoms with Gasteiger partial charge in [-0.15, -0.1) is 0 Å². The first-order valence-corrected chi connectivity index (χ1v) is 7.10. The number of hydrogen-bond acceptors (Lipinski definition) is 3. The minimum atomic E-state index is -0.297. The standard InChI is InChI=1S/C16H18FN3O/c1-19(2)16(21)14-4-3-9-20(14)15-8-6-11-5-7-12(17)10-13(11)18-15/h5-8,10,14H,3-4,9H2,1-2H3. The lowest BCUT2D eigenvalue weighted by Gasteiger charge is -2.27. The number of likely N-dealkylation sites (N-methyl/N-ethyl adjacent to an activating group) is 1. The van der Waals surface area contributed by atoms with Crippen LogP contribution in [0.5, 0.6) is 0 Å². The molecule has 3 rings (SSSR count). The van der Waals surface area contributed by atoms with Gasteiger partial charge in [-0.2, -0.15) is 0 Å². The number of halogens is 1. The van der Waals surface area contributed by atoms with Crippen molar-refractivity contribution >= 4 is 22.6 Å². The Labute approximate surface area is 123 Å².